The summed E-state index contributed by atoms with van der Waals surface area (Å²) < 4.78 is 0. The fraction of sp³-hybridized carbons (Fsp3) is 0.333. The highest BCUT2D eigenvalue weighted by Gasteiger charge is 2.05. The predicted molar refractivity (Wildman–Crippen MR) is 75.0 cm³/mol. The van der Waals surface area contributed by atoms with Crippen LogP contribution >= 0.6 is 11.6 Å². The van der Waals surface area contributed by atoms with Crippen LogP contribution < -0.4 is 0 Å². The van der Waals surface area contributed by atoms with E-state index in [9.17, 15) is 0 Å². The van der Waals surface area contributed by atoms with Gasteiger partial charge in [0.1, 0.15) is 5.82 Å². The Morgan fingerprint density at radius 3 is 2.78 bits per heavy atom. The molecule has 0 saturated carbocycles. The van der Waals surface area contributed by atoms with Crippen molar-refractivity contribution >= 4 is 11.6 Å². The van der Waals surface area contributed by atoms with E-state index < -0.39 is 0 Å². The molecule has 0 aliphatic rings. The normalized spacial score (nSPS) is 10.6. The second kappa shape index (κ2) is 5.96. The van der Waals surface area contributed by atoms with Crippen LogP contribution in [-0.2, 0) is 18.7 Å². The molecule has 0 amide bonds. The maximum Gasteiger partial charge on any atom is 0.132 e. The molecule has 0 radical (unpaired) electrons. The van der Waals surface area contributed by atoms with Crippen LogP contribution in [0.25, 0.3) is 0 Å². The van der Waals surface area contributed by atoms with Gasteiger partial charge >= 0.3 is 0 Å². The molecule has 1 aromatic heterocycles. The van der Waals surface area contributed by atoms with Crippen molar-refractivity contribution in [3.05, 3.63) is 58.7 Å². The molecule has 0 saturated heterocycles. The van der Waals surface area contributed by atoms with Crippen LogP contribution in [0.15, 0.2) is 30.5 Å². The minimum absolute atomic E-state index is 0.480. The van der Waals surface area contributed by atoms with Crippen molar-refractivity contribution in [2.24, 2.45) is 0 Å². The summed E-state index contributed by atoms with van der Waals surface area (Å²) in [6.07, 6.45) is 3.52. The molecule has 1 heterocycles. The number of halogens is 1. The number of benzene rings is 1. The highest BCUT2D eigenvalue weighted by molar-refractivity contribution is 6.17. The Balaban J connectivity index is 2.24. The lowest BCUT2D eigenvalue weighted by Gasteiger charge is -2.07. The largest absolute Gasteiger partial charge is 0.241 e. The van der Waals surface area contributed by atoms with E-state index in [0.29, 0.717) is 5.88 Å². The third-order valence-electron chi connectivity index (χ3n) is 2.93. The van der Waals surface area contributed by atoms with Gasteiger partial charge in [-0.2, -0.15) is 0 Å². The number of hydrogen-bond acceptors (Lipinski definition) is 2. The van der Waals surface area contributed by atoms with Crippen molar-refractivity contribution in [2.45, 2.75) is 32.6 Å². The van der Waals surface area contributed by atoms with E-state index in [0.717, 1.165) is 29.9 Å². The summed E-state index contributed by atoms with van der Waals surface area (Å²) in [6, 6.07) is 8.44. The monoisotopic (exact) mass is 260 g/mol. The molecule has 3 heteroatoms. The summed E-state index contributed by atoms with van der Waals surface area (Å²) in [5.74, 6) is 1.35. The molecule has 0 aliphatic carbocycles. The van der Waals surface area contributed by atoms with Gasteiger partial charge in [0.05, 0.1) is 5.88 Å². The van der Waals surface area contributed by atoms with Gasteiger partial charge in [0, 0.05) is 23.9 Å². The molecule has 2 aromatic rings. The van der Waals surface area contributed by atoms with Crippen LogP contribution in [0.1, 0.15) is 35.1 Å². The first-order chi connectivity index (χ1) is 8.72. The van der Waals surface area contributed by atoms with Gasteiger partial charge in [-0.3, -0.25) is 0 Å². The summed E-state index contributed by atoms with van der Waals surface area (Å²) in [4.78, 5) is 8.98. The van der Waals surface area contributed by atoms with Gasteiger partial charge in [-0.25, -0.2) is 9.97 Å². The predicted octanol–water partition coefficient (Wildman–Crippen LogP) is 3.68. The first kappa shape index (κ1) is 13.0. The summed E-state index contributed by atoms with van der Waals surface area (Å²) in [6.45, 7) is 4.19. The fourth-order valence-electron chi connectivity index (χ4n) is 1.99. The van der Waals surface area contributed by atoms with Gasteiger partial charge in [0.25, 0.3) is 0 Å². The maximum absolute atomic E-state index is 5.86. The lowest BCUT2D eigenvalue weighted by molar-refractivity contribution is 0.884. The van der Waals surface area contributed by atoms with Crippen LogP contribution in [0.5, 0.6) is 0 Å². The highest BCUT2D eigenvalue weighted by atomic mass is 35.5. The summed E-state index contributed by atoms with van der Waals surface area (Å²) in [5, 5.41) is 0. The maximum atomic E-state index is 5.86. The van der Waals surface area contributed by atoms with E-state index in [1.54, 1.807) is 0 Å². The number of rotatable bonds is 4. The number of aryl methyl sites for hydroxylation is 2. The molecule has 94 valence electrons. The molecular formula is C15H17ClN2. The van der Waals surface area contributed by atoms with Crippen LogP contribution in [0.3, 0.4) is 0 Å². The third-order valence-corrected chi connectivity index (χ3v) is 3.22. The van der Waals surface area contributed by atoms with E-state index >= 15 is 0 Å². The van der Waals surface area contributed by atoms with E-state index in [1.165, 1.54) is 11.1 Å². The van der Waals surface area contributed by atoms with E-state index in [1.807, 2.05) is 6.20 Å². The molecule has 2 rings (SSSR count). The third kappa shape index (κ3) is 3.08. The molecule has 2 nitrogen and oxygen atoms in total. The second-order valence-electron chi connectivity index (χ2n) is 4.41. The first-order valence-corrected chi connectivity index (χ1v) is 6.71. The molecule has 0 unspecified atom stereocenters. The van der Waals surface area contributed by atoms with Gasteiger partial charge in [-0.15, -0.1) is 11.6 Å². The van der Waals surface area contributed by atoms with Gasteiger partial charge in [0.15, 0.2) is 0 Å². The number of nitrogens with zero attached hydrogens (tertiary/aromatic N) is 2. The van der Waals surface area contributed by atoms with Crippen LogP contribution in [0.4, 0.5) is 0 Å². The Bertz CT molecular complexity index is 538. The molecule has 0 spiro atoms. The molecule has 1 aromatic carbocycles. The average molecular weight is 261 g/mol. The summed E-state index contributed by atoms with van der Waals surface area (Å²) >= 11 is 5.86. The minimum Gasteiger partial charge on any atom is -0.241 e. The van der Waals surface area contributed by atoms with Gasteiger partial charge in [-0.05, 0) is 18.9 Å². The average Bonchev–Trinajstić information content (AvgIpc) is 2.38. The van der Waals surface area contributed by atoms with Crippen molar-refractivity contribution in [2.75, 3.05) is 0 Å². The van der Waals surface area contributed by atoms with Crippen LogP contribution in [-0.4, -0.2) is 9.97 Å². The summed E-state index contributed by atoms with van der Waals surface area (Å²) in [7, 11) is 0. The molecular weight excluding hydrogens is 244 g/mol. The van der Waals surface area contributed by atoms with E-state index in [2.05, 4.69) is 48.1 Å². The van der Waals surface area contributed by atoms with Crippen molar-refractivity contribution in [3.8, 4) is 0 Å². The van der Waals surface area contributed by atoms with Crippen LogP contribution in [0.2, 0.25) is 0 Å². The topological polar surface area (TPSA) is 25.8 Å². The number of hydrogen-bond donors (Lipinski definition) is 0. The molecule has 0 atom stereocenters. The molecule has 18 heavy (non-hydrogen) atoms. The molecule has 0 fully saturated rings. The fourth-order valence-corrected chi connectivity index (χ4v) is 2.21. The Kier molecular flexibility index (Phi) is 4.32. The Labute approximate surface area is 113 Å². The quantitative estimate of drug-likeness (QED) is 0.784. The number of alkyl halides is 1. The molecule has 0 N–H and O–H groups in total. The molecule has 0 bridgehead atoms. The second-order valence-corrected chi connectivity index (χ2v) is 4.68. The zero-order chi connectivity index (χ0) is 13.0. The Morgan fingerprint density at radius 1 is 1.28 bits per heavy atom. The van der Waals surface area contributed by atoms with E-state index in [-0.39, 0.29) is 0 Å². The van der Waals surface area contributed by atoms with Gasteiger partial charge in [0.2, 0.25) is 0 Å². The van der Waals surface area contributed by atoms with Crippen molar-refractivity contribution < 1.29 is 0 Å². The van der Waals surface area contributed by atoms with Crippen molar-refractivity contribution in [1.82, 2.24) is 9.97 Å². The lowest BCUT2D eigenvalue weighted by Crippen LogP contribution is -2.03. The van der Waals surface area contributed by atoms with Gasteiger partial charge < -0.3 is 0 Å². The SMILES string of the molecule is CCc1nc(Cc2cccc(C)c2)ncc1CCl. The zero-order valence-electron chi connectivity index (χ0n) is 10.8. The summed E-state index contributed by atoms with van der Waals surface area (Å²) in [5.41, 5.74) is 4.60. The lowest BCUT2D eigenvalue weighted by atomic mass is 10.1. The Morgan fingerprint density at radius 2 is 2.11 bits per heavy atom. The van der Waals surface area contributed by atoms with E-state index in [4.69, 9.17) is 11.6 Å². The first-order valence-electron chi connectivity index (χ1n) is 6.18. The zero-order valence-corrected chi connectivity index (χ0v) is 11.5. The highest BCUT2D eigenvalue weighted by Crippen LogP contribution is 2.12. The van der Waals surface area contributed by atoms with Crippen molar-refractivity contribution in [3.63, 3.8) is 0 Å². The van der Waals surface area contributed by atoms with Crippen LogP contribution in [0, 0.1) is 6.92 Å². The van der Waals surface area contributed by atoms with Crippen molar-refractivity contribution in [1.29, 1.82) is 0 Å². The standard InChI is InChI=1S/C15H17ClN2/c1-3-14-13(9-16)10-17-15(18-14)8-12-6-4-5-11(2)7-12/h4-7,10H,3,8-9H2,1-2H3. The minimum atomic E-state index is 0.480. The van der Waals surface area contributed by atoms with Gasteiger partial charge in [-0.1, -0.05) is 36.8 Å². The smallest absolute Gasteiger partial charge is 0.132 e. The molecule has 0 aliphatic heterocycles. The number of aromatic nitrogens is 2. The Hall–Kier alpha value is -1.41.